The van der Waals surface area contributed by atoms with Crippen molar-refractivity contribution in [2.75, 3.05) is 19.3 Å². The van der Waals surface area contributed by atoms with Gasteiger partial charge in [0.15, 0.2) is 10.7 Å². The second-order valence-corrected chi connectivity index (χ2v) is 5.43. The predicted molar refractivity (Wildman–Crippen MR) is 73.4 cm³/mol. The molecule has 0 bridgehead atoms. The molecule has 0 saturated carbocycles. The molecule has 0 spiro atoms. The van der Waals surface area contributed by atoms with Gasteiger partial charge >= 0.3 is 0 Å². The summed E-state index contributed by atoms with van der Waals surface area (Å²) in [6.45, 7) is 0.740. The molecule has 0 saturated heterocycles. The molecule has 0 aliphatic heterocycles. The fourth-order valence-corrected chi connectivity index (χ4v) is 2.63. The summed E-state index contributed by atoms with van der Waals surface area (Å²) < 4.78 is 0.581. The Morgan fingerprint density at radius 1 is 1.76 bits per heavy atom. The fourth-order valence-electron chi connectivity index (χ4n) is 0.999. The van der Waals surface area contributed by atoms with Gasteiger partial charge in [0.1, 0.15) is 0 Å². The molecule has 0 atom stereocenters. The maximum atomic E-state index is 8.41. The van der Waals surface area contributed by atoms with E-state index < -0.39 is 0 Å². The summed E-state index contributed by atoms with van der Waals surface area (Å²) in [7, 11) is 1.62. The largest absolute Gasteiger partial charge is 0.355 e. The van der Waals surface area contributed by atoms with Crippen LogP contribution in [0.5, 0.6) is 0 Å². The van der Waals surface area contributed by atoms with Gasteiger partial charge in [0.2, 0.25) is 5.96 Å². The van der Waals surface area contributed by atoms with Crippen molar-refractivity contribution in [2.24, 2.45) is 4.99 Å². The average molecular weight is 290 g/mol. The zero-order valence-corrected chi connectivity index (χ0v) is 11.6. The molecule has 0 aromatic carbocycles. The number of nitrogens with zero attached hydrogens (tertiary/aromatic N) is 3. The number of thioether (sulfide) groups is 1. The van der Waals surface area contributed by atoms with Crippen molar-refractivity contribution in [3.8, 4) is 6.19 Å². The number of guanidine groups is 1. The highest BCUT2D eigenvalue weighted by molar-refractivity contribution is 7.98. The van der Waals surface area contributed by atoms with Gasteiger partial charge in [0, 0.05) is 30.5 Å². The van der Waals surface area contributed by atoms with E-state index in [9.17, 15) is 0 Å². The van der Waals surface area contributed by atoms with E-state index in [1.165, 1.54) is 11.3 Å². The summed E-state index contributed by atoms with van der Waals surface area (Å²) in [4.78, 5) is 8.02. The molecule has 17 heavy (non-hydrogen) atoms. The first-order valence-electron chi connectivity index (χ1n) is 4.79. The van der Waals surface area contributed by atoms with E-state index in [1.807, 2.05) is 11.6 Å². The van der Waals surface area contributed by atoms with Crippen molar-refractivity contribution < 1.29 is 0 Å². The highest BCUT2D eigenvalue weighted by Gasteiger charge is 2.00. The van der Waals surface area contributed by atoms with Gasteiger partial charge < -0.3 is 5.32 Å². The van der Waals surface area contributed by atoms with Crippen LogP contribution in [0, 0.1) is 11.5 Å². The lowest BCUT2D eigenvalue weighted by Crippen LogP contribution is -2.35. The number of hydrogen-bond acceptors (Lipinski definition) is 5. The first-order chi connectivity index (χ1) is 8.26. The molecular weight excluding hydrogens is 278 g/mol. The van der Waals surface area contributed by atoms with E-state index in [0.717, 1.165) is 23.7 Å². The first kappa shape index (κ1) is 14.1. The van der Waals surface area contributed by atoms with Gasteiger partial charge in [0.05, 0.1) is 5.69 Å². The summed E-state index contributed by atoms with van der Waals surface area (Å²) in [5, 5.41) is 15.8. The third kappa shape index (κ3) is 5.77. The summed E-state index contributed by atoms with van der Waals surface area (Å²) in [5.74, 6) is 2.24. The lowest BCUT2D eigenvalue weighted by atomic mass is 10.6. The molecule has 8 heteroatoms. The number of hydrogen-bond donors (Lipinski definition) is 2. The van der Waals surface area contributed by atoms with Crippen LogP contribution in [0.1, 0.15) is 5.69 Å². The van der Waals surface area contributed by atoms with Crippen molar-refractivity contribution in [1.82, 2.24) is 15.6 Å². The van der Waals surface area contributed by atoms with Crippen LogP contribution in [0.3, 0.4) is 0 Å². The van der Waals surface area contributed by atoms with Gasteiger partial charge in [-0.05, 0) is 0 Å². The Hall–Kier alpha value is -0.970. The number of rotatable bonds is 5. The number of halogens is 1. The maximum Gasteiger partial charge on any atom is 0.204 e. The topological polar surface area (TPSA) is 73.1 Å². The first-order valence-corrected chi connectivity index (χ1v) is 7.21. The Morgan fingerprint density at radius 3 is 3.18 bits per heavy atom. The van der Waals surface area contributed by atoms with Crippen molar-refractivity contribution in [2.45, 2.75) is 5.75 Å². The van der Waals surface area contributed by atoms with Crippen LogP contribution in [-0.2, 0) is 5.75 Å². The minimum atomic E-state index is 0.491. The number of nitriles is 1. The van der Waals surface area contributed by atoms with E-state index in [-0.39, 0.29) is 0 Å². The van der Waals surface area contributed by atoms with Gasteiger partial charge in [-0.1, -0.05) is 11.6 Å². The van der Waals surface area contributed by atoms with E-state index in [4.69, 9.17) is 16.9 Å². The SMILES string of the molecule is C/N=C(\NC#N)NCCSCc1csc(Cl)n1. The molecule has 0 aliphatic rings. The van der Waals surface area contributed by atoms with E-state index >= 15 is 0 Å². The fraction of sp³-hybridized carbons (Fsp3) is 0.444. The monoisotopic (exact) mass is 289 g/mol. The van der Waals surface area contributed by atoms with E-state index in [2.05, 4.69) is 20.6 Å². The Bertz CT molecular complexity index is 412. The quantitative estimate of drug-likeness (QED) is 0.284. The minimum absolute atomic E-state index is 0.491. The van der Waals surface area contributed by atoms with Gasteiger partial charge in [-0.15, -0.1) is 11.3 Å². The zero-order chi connectivity index (χ0) is 12.5. The van der Waals surface area contributed by atoms with Crippen molar-refractivity contribution >= 4 is 40.7 Å². The molecule has 1 aromatic rings. The molecule has 0 unspecified atom stereocenters. The van der Waals surface area contributed by atoms with Crippen LogP contribution in [0.15, 0.2) is 10.4 Å². The number of aliphatic imine (C=N–C) groups is 1. The third-order valence-electron chi connectivity index (χ3n) is 1.71. The Balaban J connectivity index is 2.11. The van der Waals surface area contributed by atoms with Crippen molar-refractivity contribution in [3.05, 3.63) is 15.5 Å². The summed E-state index contributed by atoms with van der Waals surface area (Å²) in [6.07, 6.45) is 1.81. The highest BCUT2D eigenvalue weighted by atomic mass is 35.5. The molecule has 92 valence electrons. The van der Waals surface area contributed by atoms with Gasteiger partial charge in [-0.2, -0.15) is 17.0 Å². The predicted octanol–water partition coefficient (Wildman–Crippen LogP) is 1.68. The number of aromatic nitrogens is 1. The van der Waals surface area contributed by atoms with E-state index in [0.29, 0.717) is 10.4 Å². The van der Waals surface area contributed by atoms with Crippen molar-refractivity contribution in [1.29, 1.82) is 5.26 Å². The zero-order valence-electron chi connectivity index (χ0n) is 9.23. The summed E-state index contributed by atoms with van der Waals surface area (Å²) in [6, 6.07) is 0. The van der Waals surface area contributed by atoms with Gasteiger partial charge in [-0.25, -0.2) is 4.98 Å². The molecule has 1 rings (SSSR count). The molecule has 1 aromatic heterocycles. The standard InChI is InChI=1S/C9H12ClN5S2/c1-12-9(14-6-11)13-2-3-16-4-7-5-17-8(10)15-7/h5H,2-4H2,1H3,(H2,12,13,14). The smallest absolute Gasteiger partial charge is 0.204 e. The minimum Gasteiger partial charge on any atom is -0.355 e. The molecule has 2 N–H and O–H groups in total. The molecule has 5 nitrogen and oxygen atoms in total. The Morgan fingerprint density at radius 2 is 2.59 bits per heavy atom. The number of thiazole rings is 1. The summed E-state index contributed by atoms with van der Waals surface area (Å²) >= 11 is 8.92. The second kappa shape index (κ2) is 8.17. The molecule has 0 amide bonds. The summed E-state index contributed by atoms with van der Waals surface area (Å²) in [5.41, 5.74) is 1.00. The second-order valence-electron chi connectivity index (χ2n) is 2.88. The number of nitrogens with one attached hydrogen (secondary N) is 2. The molecular formula is C9H12ClN5S2. The Kier molecular flexibility index (Phi) is 6.77. The van der Waals surface area contributed by atoms with Gasteiger partial charge in [-0.3, -0.25) is 10.3 Å². The lowest BCUT2D eigenvalue weighted by Gasteiger charge is -2.05. The van der Waals surface area contributed by atoms with Crippen molar-refractivity contribution in [3.63, 3.8) is 0 Å². The maximum absolute atomic E-state index is 8.41. The highest BCUT2D eigenvalue weighted by Crippen LogP contribution is 2.18. The van der Waals surface area contributed by atoms with Gasteiger partial charge in [0.25, 0.3) is 0 Å². The molecule has 0 radical (unpaired) electrons. The molecule has 0 aliphatic carbocycles. The van der Waals surface area contributed by atoms with Crippen LogP contribution in [0.2, 0.25) is 4.47 Å². The van der Waals surface area contributed by atoms with E-state index in [1.54, 1.807) is 18.8 Å². The van der Waals surface area contributed by atoms with Crippen LogP contribution in [0.4, 0.5) is 0 Å². The van der Waals surface area contributed by atoms with Crippen LogP contribution in [-0.4, -0.2) is 30.3 Å². The van der Waals surface area contributed by atoms with Crippen LogP contribution < -0.4 is 10.6 Å². The van der Waals surface area contributed by atoms with Crippen LogP contribution >= 0.6 is 34.7 Å². The van der Waals surface area contributed by atoms with Crippen LogP contribution in [0.25, 0.3) is 0 Å². The molecule has 0 fully saturated rings. The normalized spacial score (nSPS) is 11.0. The Labute approximate surface area is 113 Å². The third-order valence-corrected chi connectivity index (χ3v) is 3.73. The average Bonchev–Trinajstić information content (AvgIpc) is 2.73. The molecule has 1 heterocycles. The lowest BCUT2D eigenvalue weighted by molar-refractivity contribution is 0.930.